The zero-order valence-corrected chi connectivity index (χ0v) is 13.8. The molecule has 0 spiro atoms. The number of thiophene rings is 1. The highest BCUT2D eigenvalue weighted by Gasteiger charge is 2.12. The molecule has 4 nitrogen and oxygen atoms in total. The highest BCUT2D eigenvalue weighted by Crippen LogP contribution is 2.29. The fourth-order valence-electron chi connectivity index (χ4n) is 2.10. The monoisotopic (exact) mass is 327 g/mol. The van der Waals surface area contributed by atoms with Crippen molar-refractivity contribution in [2.45, 2.75) is 24.6 Å². The molecular weight excluding hydrogens is 314 g/mol. The lowest BCUT2D eigenvalue weighted by molar-refractivity contribution is 0.427. The van der Waals surface area contributed by atoms with Gasteiger partial charge < -0.3 is 4.52 Å². The summed E-state index contributed by atoms with van der Waals surface area (Å²) >= 11 is 3.13. The average molecular weight is 327 g/mol. The van der Waals surface area contributed by atoms with Gasteiger partial charge in [0.2, 0.25) is 0 Å². The molecule has 0 bridgehead atoms. The van der Waals surface area contributed by atoms with Crippen molar-refractivity contribution in [2.24, 2.45) is 0 Å². The minimum absolute atomic E-state index is 0.624. The van der Waals surface area contributed by atoms with Gasteiger partial charge in [0.05, 0.1) is 16.1 Å². The van der Waals surface area contributed by atoms with E-state index in [1.54, 1.807) is 11.3 Å². The molecule has 0 saturated heterocycles. The molecule has 0 saturated carbocycles. The summed E-state index contributed by atoms with van der Waals surface area (Å²) in [7, 11) is 0. The van der Waals surface area contributed by atoms with Gasteiger partial charge in [-0.3, -0.25) is 0 Å². The predicted octanol–water partition coefficient (Wildman–Crippen LogP) is 4.58. The summed E-state index contributed by atoms with van der Waals surface area (Å²) in [5.41, 5.74) is 3.35. The van der Waals surface area contributed by atoms with Gasteiger partial charge >= 0.3 is 0 Å². The summed E-state index contributed by atoms with van der Waals surface area (Å²) in [5.74, 6) is 1.40. The molecule has 0 atom stereocenters. The molecule has 0 aliphatic heterocycles. The van der Waals surface area contributed by atoms with Gasteiger partial charge in [0.25, 0.3) is 0 Å². The first-order valence-corrected chi connectivity index (χ1v) is 8.54. The van der Waals surface area contributed by atoms with Crippen molar-refractivity contribution < 1.29 is 4.52 Å². The molecule has 3 aromatic rings. The van der Waals surface area contributed by atoms with Crippen LogP contribution in [0.1, 0.15) is 22.5 Å². The van der Waals surface area contributed by atoms with E-state index in [2.05, 4.69) is 16.2 Å². The fraction of sp³-hybridized carbons (Fsp3) is 0.188. The number of pyridine rings is 1. The number of aromatic nitrogens is 2. The third kappa shape index (κ3) is 3.06. The Morgan fingerprint density at radius 1 is 1.36 bits per heavy atom. The van der Waals surface area contributed by atoms with Crippen molar-refractivity contribution in [1.29, 1.82) is 5.26 Å². The quantitative estimate of drug-likeness (QED) is 0.656. The first kappa shape index (κ1) is 14.8. The number of nitriles is 1. The Balaban J connectivity index is 1.78. The van der Waals surface area contributed by atoms with Gasteiger partial charge in [-0.2, -0.15) is 5.26 Å². The molecule has 0 aromatic carbocycles. The highest BCUT2D eigenvalue weighted by molar-refractivity contribution is 7.98. The lowest BCUT2D eigenvalue weighted by atomic mass is 10.1. The number of hydrogen-bond donors (Lipinski definition) is 0. The molecular formula is C16H13N3OS2. The van der Waals surface area contributed by atoms with Crippen molar-refractivity contribution in [3.05, 3.63) is 52.2 Å². The fourth-order valence-corrected chi connectivity index (χ4v) is 3.75. The van der Waals surface area contributed by atoms with Crippen molar-refractivity contribution >= 4 is 23.1 Å². The Morgan fingerprint density at radius 2 is 2.23 bits per heavy atom. The van der Waals surface area contributed by atoms with Crippen LogP contribution in [-0.4, -0.2) is 10.1 Å². The number of thioether (sulfide) groups is 1. The molecule has 22 heavy (non-hydrogen) atoms. The van der Waals surface area contributed by atoms with Gasteiger partial charge in [-0.05, 0) is 36.9 Å². The van der Waals surface area contributed by atoms with Crippen LogP contribution in [0.2, 0.25) is 0 Å². The Kier molecular flexibility index (Phi) is 4.27. The van der Waals surface area contributed by atoms with Crippen LogP contribution < -0.4 is 0 Å². The first-order valence-electron chi connectivity index (χ1n) is 6.68. The van der Waals surface area contributed by atoms with E-state index in [4.69, 9.17) is 4.52 Å². The molecule has 0 amide bonds. The summed E-state index contributed by atoms with van der Waals surface area (Å²) < 4.78 is 5.36. The Bertz CT molecular complexity index is 832. The van der Waals surface area contributed by atoms with Gasteiger partial charge in [-0.15, -0.1) is 11.3 Å². The number of rotatable bonds is 4. The van der Waals surface area contributed by atoms with E-state index in [9.17, 15) is 5.26 Å². The van der Waals surface area contributed by atoms with Crippen molar-refractivity contribution in [1.82, 2.24) is 10.1 Å². The van der Waals surface area contributed by atoms with Crippen LogP contribution in [0.4, 0.5) is 0 Å². The largest absolute Gasteiger partial charge is 0.355 e. The lowest BCUT2D eigenvalue weighted by Crippen LogP contribution is -1.94. The highest BCUT2D eigenvalue weighted by atomic mass is 32.2. The van der Waals surface area contributed by atoms with E-state index in [0.717, 1.165) is 32.6 Å². The van der Waals surface area contributed by atoms with Crippen molar-refractivity contribution in [3.8, 4) is 16.7 Å². The maximum Gasteiger partial charge on any atom is 0.177 e. The topological polar surface area (TPSA) is 62.7 Å². The Hall–Kier alpha value is -2.10. The summed E-state index contributed by atoms with van der Waals surface area (Å²) in [6.07, 6.45) is 0. The van der Waals surface area contributed by atoms with Crippen LogP contribution >= 0.6 is 23.1 Å². The minimum Gasteiger partial charge on any atom is -0.355 e. The molecule has 3 rings (SSSR count). The zero-order valence-electron chi connectivity index (χ0n) is 12.2. The number of hydrogen-bond acceptors (Lipinski definition) is 6. The standard InChI is InChI=1S/C16H13N3OS2/c1-10-6-11(2)18-16(13(10)8-17)22-9-12-7-14(20-19-12)15-4-3-5-21-15/h3-7H,9H2,1-2H3. The van der Waals surface area contributed by atoms with Gasteiger partial charge in [-0.25, -0.2) is 4.98 Å². The van der Waals surface area contributed by atoms with Crippen LogP contribution in [0.15, 0.2) is 39.2 Å². The molecule has 0 unspecified atom stereocenters. The van der Waals surface area contributed by atoms with Crippen LogP contribution in [0.3, 0.4) is 0 Å². The van der Waals surface area contributed by atoms with E-state index in [1.165, 1.54) is 11.8 Å². The Morgan fingerprint density at radius 3 is 2.95 bits per heavy atom. The van der Waals surface area contributed by atoms with E-state index in [0.29, 0.717) is 11.3 Å². The van der Waals surface area contributed by atoms with Gasteiger partial charge in [0.15, 0.2) is 5.76 Å². The SMILES string of the molecule is Cc1cc(C)c(C#N)c(SCc2cc(-c3cccs3)on2)n1. The average Bonchev–Trinajstić information content (AvgIpc) is 3.15. The molecule has 0 aliphatic carbocycles. The molecule has 6 heteroatoms. The smallest absolute Gasteiger partial charge is 0.177 e. The normalized spacial score (nSPS) is 10.6. The van der Waals surface area contributed by atoms with Crippen molar-refractivity contribution in [2.75, 3.05) is 0 Å². The molecule has 0 fully saturated rings. The van der Waals surface area contributed by atoms with Gasteiger partial charge in [0.1, 0.15) is 11.1 Å². The maximum atomic E-state index is 9.28. The second kappa shape index (κ2) is 6.34. The minimum atomic E-state index is 0.624. The number of aryl methyl sites for hydroxylation is 2. The van der Waals surface area contributed by atoms with Gasteiger partial charge in [0, 0.05) is 17.5 Å². The zero-order chi connectivity index (χ0) is 15.5. The van der Waals surface area contributed by atoms with E-state index < -0.39 is 0 Å². The molecule has 0 aliphatic rings. The second-order valence-electron chi connectivity index (χ2n) is 4.82. The summed E-state index contributed by atoms with van der Waals surface area (Å²) in [6.45, 7) is 3.87. The van der Waals surface area contributed by atoms with E-state index in [1.807, 2.05) is 43.5 Å². The molecule has 110 valence electrons. The van der Waals surface area contributed by atoms with Gasteiger partial charge in [-0.1, -0.05) is 23.0 Å². The molecule has 3 heterocycles. The maximum absolute atomic E-state index is 9.28. The Labute approximate surface area is 136 Å². The molecule has 0 radical (unpaired) electrons. The summed E-state index contributed by atoms with van der Waals surface area (Å²) in [6, 6.07) is 10.1. The second-order valence-corrected chi connectivity index (χ2v) is 6.73. The predicted molar refractivity (Wildman–Crippen MR) is 87.8 cm³/mol. The molecule has 3 aromatic heterocycles. The third-order valence-electron chi connectivity index (χ3n) is 3.10. The van der Waals surface area contributed by atoms with Crippen LogP contribution in [-0.2, 0) is 5.75 Å². The molecule has 0 N–H and O–H groups in total. The first-order chi connectivity index (χ1) is 10.7. The van der Waals surface area contributed by atoms with Crippen molar-refractivity contribution in [3.63, 3.8) is 0 Å². The van der Waals surface area contributed by atoms with Crippen LogP contribution in [0, 0.1) is 25.2 Å². The lowest BCUT2D eigenvalue weighted by Gasteiger charge is -2.05. The van der Waals surface area contributed by atoms with Crippen LogP contribution in [0.25, 0.3) is 10.6 Å². The van der Waals surface area contributed by atoms with Crippen LogP contribution in [0.5, 0.6) is 0 Å². The van der Waals surface area contributed by atoms with E-state index >= 15 is 0 Å². The summed E-state index contributed by atoms with van der Waals surface area (Å²) in [4.78, 5) is 5.52. The third-order valence-corrected chi connectivity index (χ3v) is 5.00. The van der Waals surface area contributed by atoms with E-state index in [-0.39, 0.29) is 0 Å². The summed E-state index contributed by atoms with van der Waals surface area (Å²) in [5, 5.41) is 16.1. The number of nitrogens with zero attached hydrogens (tertiary/aromatic N) is 3.